The quantitative estimate of drug-likeness (QED) is 0.874. The molecule has 2 aromatic rings. The normalized spacial score (nSPS) is 20.1. The summed E-state index contributed by atoms with van der Waals surface area (Å²) in [6.07, 6.45) is 2.42. The Morgan fingerprint density at radius 1 is 1.22 bits per heavy atom. The summed E-state index contributed by atoms with van der Waals surface area (Å²) >= 11 is 0. The van der Waals surface area contributed by atoms with Gasteiger partial charge in [-0.25, -0.2) is 0 Å². The molecule has 0 amide bonds. The minimum absolute atomic E-state index is 0.110. The number of benzene rings is 1. The number of hydrogen-bond donors (Lipinski definition) is 1. The Hall–Kier alpha value is -1.61. The zero-order valence-electron chi connectivity index (χ0n) is 10.4. The van der Waals surface area contributed by atoms with E-state index < -0.39 is 0 Å². The molecule has 1 aliphatic rings. The first kappa shape index (κ1) is 11.5. The lowest BCUT2D eigenvalue weighted by molar-refractivity contribution is 0.337. The Bertz CT molecular complexity index is 597. The molecule has 3 nitrogen and oxygen atoms in total. The van der Waals surface area contributed by atoms with Crippen LogP contribution in [0.5, 0.6) is 0 Å². The highest BCUT2D eigenvalue weighted by Crippen LogP contribution is 2.16. The molecule has 1 N–H and O–H groups in total. The molecule has 0 saturated carbocycles. The molecule has 0 aliphatic carbocycles. The molecule has 1 saturated heterocycles. The van der Waals surface area contributed by atoms with Crippen molar-refractivity contribution in [3.8, 4) is 0 Å². The molecule has 0 spiro atoms. The Kier molecular flexibility index (Phi) is 3.15. The molecular formula is C15H18N2O. The third-order valence-electron chi connectivity index (χ3n) is 3.74. The third kappa shape index (κ3) is 2.18. The van der Waals surface area contributed by atoms with E-state index in [0.717, 1.165) is 30.5 Å². The Morgan fingerprint density at radius 2 is 2.11 bits per heavy atom. The third-order valence-corrected chi connectivity index (χ3v) is 3.74. The second-order valence-corrected chi connectivity index (χ2v) is 5.05. The Morgan fingerprint density at radius 3 is 2.94 bits per heavy atom. The van der Waals surface area contributed by atoms with Crippen LogP contribution in [0.15, 0.2) is 41.2 Å². The molecule has 1 aromatic heterocycles. The number of nitrogens with one attached hydrogen (secondary N) is 1. The Labute approximate surface area is 106 Å². The maximum atomic E-state index is 12.0. The fourth-order valence-corrected chi connectivity index (χ4v) is 2.77. The van der Waals surface area contributed by atoms with Crippen LogP contribution >= 0.6 is 0 Å². The fraction of sp³-hybridized carbons (Fsp3) is 0.400. The van der Waals surface area contributed by atoms with E-state index in [9.17, 15) is 4.79 Å². The predicted octanol–water partition coefficient (Wildman–Crippen LogP) is 2.00. The summed E-state index contributed by atoms with van der Waals surface area (Å²) in [5, 5.41) is 4.55. The van der Waals surface area contributed by atoms with Crippen LogP contribution in [-0.2, 0) is 6.54 Å². The summed E-state index contributed by atoms with van der Waals surface area (Å²) in [6, 6.07) is 11.7. The SMILES string of the molecule is O=c1ccc2ccccc2n1CC1CCCNC1. The highest BCUT2D eigenvalue weighted by molar-refractivity contribution is 5.78. The monoisotopic (exact) mass is 242 g/mol. The summed E-state index contributed by atoms with van der Waals surface area (Å²) in [6.45, 7) is 2.96. The number of nitrogens with zero attached hydrogens (tertiary/aromatic N) is 1. The van der Waals surface area contributed by atoms with Crippen molar-refractivity contribution in [1.82, 2.24) is 9.88 Å². The molecule has 1 aromatic carbocycles. The average Bonchev–Trinajstić information content (AvgIpc) is 2.43. The molecule has 3 rings (SSSR count). The molecule has 18 heavy (non-hydrogen) atoms. The summed E-state index contributed by atoms with van der Waals surface area (Å²) in [7, 11) is 0. The van der Waals surface area contributed by atoms with E-state index in [1.807, 2.05) is 28.8 Å². The zero-order valence-corrected chi connectivity index (χ0v) is 10.4. The summed E-state index contributed by atoms with van der Waals surface area (Å²) < 4.78 is 1.92. The molecule has 1 aliphatic heterocycles. The predicted molar refractivity (Wildman–Crippen MR) is 73.8 cm³/mol. The van der Waals surface area contributed by atoms with Gasteiger partial charge in [-0.1, -0.05) is 18.2 Å². The van der Waals surface area contributed by atoms with Gasteiger partial charge in [-0.15, -0.1) is 0 Å². The first-order chi connectivity index (χ1) is 8.84. The highest BCUT2D eigenvalue weighted by atomic mass is 16.1. The van der Waals surface area contributed by atoms with Crippen molar-refractivity contribution < 1.29 is 0 Å². The van der Waals surface area contributed by atoms with E-state index in [0.29, 0.717) is 5.92 Å². The van der Waals surface area contributed by atoms with Crippen LogP contribution in [-0.4, -0.2) is 17.7 Å². The van der Waals surface area contributed by atoms with Crippen LogP contribution in [0.3, 0.4) is 0 Å². The van der Waals surface area contributed by atoms with E-state index in [1.54, 1.807) is 6.07 Å². The number of pyridine rings is 1. The maximum absolute atomic E-state index is 12.0. The molecule has 0 radical (unpaired) electrons. The standard InChI is InChI=1S/C15H18N2O/c18-15-8-7-13-5-1-2-6-14(13)17(15)11-12-4-3-9-16-10-12/h1-2,5-8,12,16H,3-4,9-11H2. The van der Waals surface area contributed by atoms with E-state index in [1.165, 1.54) is 12.8 Å². The lowest BCUT2D eigenvalue weighted by Gasteiger charge is -2.24. The van der Waals surface area contributed by atoms with Crippen molar-refractivity contribution in [2.45, 2.75) is 19.4 Å². The van der Waals surface area contributed by atoms with Crippen LogP contribution in [0.1, 0.15) is 12.8 Å². The van der Waals surface area contributed by atoms with Crippen molar-refractivity contribution >= 4 is 10.9 Å². The topological polar surface area (TPSA) is 34.0 Å². The molecule has 0 bridgehead atoms. The van der Waals surface area contributed by atoms with Crippen molar-refractivity contribution in [2.24, 2.45) is 5.92 Å². The van der Waals surface area contributed by atoms with Crippen molar-refractivity contribution in [1.29, 1.82) is 0 Å². The van der Waals surface area contributed by atoms with Gasteiger partial charge < -0.3 is 9.88 Å². The van der Waals surface area contributed by atoms with E-state index in [-0.39, 0.29) is 5.56 Å². The van der Waals surface area contributed by atoms with Crippen LogP contribution in [0, 0.1) is 5.92 Å². The fourth-order valence-electron chi connectivity index (χ4n) is 2.77. The van der Waals surface area contributed by atoms with Crippen LogP contribution in [0.4, 0.5) is 0 Å². The van der Waals surface area contributed by atoms with Crippen LogP contribution in [0.25, 0.3) is 10.9 Å². The average molecular weight is 242 g/mol. The maximum Gasteiger partial charge on any atom is 0.251 e. The molecular weight excluding hydrogens is 224 g/mol. The number of aromatic nitrogens is 1. The van der Waals surface area contributed by atoms with Gasteiger partial charge in [0.15, 0.2) is 0 Å². The lowest BCUT2D eigenvalue weighted by atomic mass is 9.99. The van der Waals surface area contributed by atoms with E-state index >= 15 is 0 Å². The zero-order chi connectivity index (χ0) is 12.4. The lowest BCUT2D eigenvalue weighted by Crippen LogP contribution is -2.34. The minimum Gasteiger partial charge on any atom is -0.316 e. The molecule has 1 fully saturated rings. The number of para-hydroxylation sites is 1. The second-order valence-electron chi connectivity index (χ2n) is 5.05. The second kappa shape index (κ2) is 4.94. The van der Waals surface area contributed by atoms with Crippen molar-refractivity contribution in [2.75, 3.05) is 13.1 Å². The molecule has 94 valence electrons. The van der Waals surface area contributed by atoms with Gasteiger partial charge in [0.1, 0.15) is 0 Å². The first-order valence-electron chi connectivity index (χ1n) is 6.64. The first-order valence-corrected chi connectivity index (χ1v) is 6.64. The number of piperidine rings is 1. The van der Waals surface area contributed by atoms with Crippen LogP contribution in [0.2, 0.25) is 0 Å². The molecule has 1 atom stereocenters. The van der Waals surface area contributed by atoms with Crippen LogP contribution < -0.4 is 10.9 Å². The van der Waals surface area contributed by atoms with E-state index in [4.69, 9.17) is 0 Å². The largest absolute Gasteiger partial charge is 0.316 e. The smallest absolute Gasteiger partial charge is 0.251 e. The van der Waals surface area contributed by atoms with Gasteiger partial charge in [-0.2, -0.15) is 0 Å². The van der Waals surface area contributed by atoms with Crippen molar-refractivity contribution in [3.63, 3.8) is 0 Å². The van der Waals surface area contributed by atoms with Gasteiger partial charge >= 0.3 is 0 Å². The molecule has 1 unspecified atom stereocenters. The summed E-state index contributed by atoms with van der Waals surface area (Å²) in [4.78, 5) is 12.0. The van der Waals surface area contributed by atoms with Gasteiger partial charge in [-0.3, -0.25) is 4.79 Å². The minimum atomic E-state index is 0.110. The van der Waals surface area contributed by atoms with E-state index in [2.05, 4.69) is 11.4 Å². The number of hydrogen-bond acceptors (Lipinski definition) is 2. The Balaban J connectivity index is 1.99. The van der Waals surface area contributed by atoms with Crippen molar-refractivity contribution in [3.05, 3.63) is 46.8 Å². The van der Waals surface area contributed by atoms with Gasteiger partial charge in [0.2, 0.25) is 0 Å². The van der Waals surface area contributed by atoms with Gasteiger partial charge in [0.05, 0.1) is 5.52 Å². The van der Waals surface area contributed by atoms with Gasteiger partial charge in [0.25, 0.3) is 5.56 Å². The molecule has 3 heteroatoms. The van der Waals surface area contributed by atoms with Gasteiger partial charge in [-0.05, 0) is 49.4 Å². The number of rotatable bonds is 2. The summed E-state index contributed by atoms with van der Waals surface area (Å²) in [5.41, 5.74) is 1.16. The number of fused-ring (bicyclic) bond motifs is 1. The van der Waals surface area contributed by atoms with Gasteiger partial charge in [0, 0.05) is 12.6 Å². The summed E-state index contributed by atoms with van der Waals surface area (Å²) in [5.74, 6) is 0.572. The highest BCUT2D eigenvalue weighted by Gasteiger charge is 2.15. The molecule has 2 heterocycles.